The maximum absolute atomic E-state index is 10.7. The van der Waals surface area contributed by atoms with Crippen LogP contribution in [0.1, 0.15) is 6.92 Å². The molecule has 3 nitrogen and oxygen atoms in total. The lowest BCUT2D eigenvalue weighted by Crippen LogP contribution is -2.15. The number of ether oxygens (including phenoxy) is 1. The molecule has 0 heterocycles. The SMILES string of the molecule is C=C(C(=O)OC)[C@H](O)/C=C/C. The highest BCUT2D eigenvalue weighted by Gasteiger charge is 2.12. The lowest BCUT2D eigenvalue weighted by atomic mass is 10.1. The van der Waals surface area contributed by atoms with E-state index in [1.165, 1.54) is 13.2 Å². The summed E-state index contributed by atoms with van der Waals surface area (Å²) >= 11 is 0. The number of aliphatic hydroxyl groups excluding tert-OH is 1. The van der Waals surface area contributed by atoms with Crippen LogP contribution in [-0.2, 0) is 9.53 Å². The highest BCUT2D eigenvalue weighted by Crippen LogP contribution is 2.02. The van der Waals surface area contributed by atoms with Crippen LogP contribution < -0.4 is 0 Å². The van der Waals surface area contributed by atoms with E-state index in [2.05, 4.69) is 11.3 Å². The Morgan fingerprint density at radius 3 is 2.64 bits per heavy atom. The molecule has 62 valence electrons. The molecule has 0 aromatic rings. The van der Waals surface area contributed by atoms with Crippen LogP contribution in [-0.4, -0.2) is 24.3 Å². The zero-order valence-corrected chi connectivity index (χ0v) is 6.70. The van der Waals surface area contributed by atoms with Gasteiger partial charge in [0.15, 0.2) is 0 Å². The van der Waals surface area contributed by atoms with Crippen LogP contribution in [0.4, 0.5) is 0 Å². The molecule has 3 heteroatoms. The van der Waals surface area contributed by atoms with Gasteiger partial charge >= 0.3 is 5.97 Å². The van der Waals surface area contributed by atoms with Crippen molar-refractivity contribution in [1.82, 2.24) is 0 Å². The quantitative estimate of drug-likeness (QED) is 0.371. The Balaban J connectivity index is 4.13. The highest BCUT2D eigenvalue weighted by atomic mass is 16.5. The maximum Gasteiger partial charge on any atom is 0.336 e. The van der Waals surface area contributed by atoms with Crippen LogP contribution in [0.2, 0.25) is 0 Å². The van der Waals surface area contributed by atoms with Crippen molar-refractivity contribution in [3.8, 4) is 0 Å². The lowest BCUT2D eigenvalue weighted by Gasteiger charge is -2.05. The Hall–Kier alpha value is -1.09. The molecule has 0 spiro atoms. The summed E-state index contributed by atoms with van der Waals surface area (Å²) < 4.78 is 4.35. The van der Waals surface area contributed by atoms with E-state index in [0.717, 1.165) is 0 Å². The summed E-state index contributed by atoms with van der Waals surface area (Å²) in [5.74, 6) is -0.587. The van der Waals surface area contributed by atoms with Crippen LogP contribution in [0.15, 0.2) is 24.3 Å². The fraction of sp³-hybridized carbons (Fsp3) is 0.375. The average molecular weight is 156 g/mol. The van der Waals surface area contributed by atoms with E-state index in [-0.39, 0.29) is 5.57 Å². The summed E-state index contributed by atoms with van der Waals surface area (Å²) in [6, 6.07) is 0. The molecular formula is C8H12O3. The third-order valence-corrected chi connectivity index (χ3v) is 1.18. The minimum atomic E-state index is -0.938. The Bertz CT molecular complexity index is 182. The number of hydrogen-bond acceptors (Lipinski definition) is 3. The van der Waals surface area contributed by atoms with Crippen LogP contribution in [0.5, 0.6) is 0 Å². The second-order valence-corrected chi connectivity index (χ2v) is 1.99. The Labute approximate surface area is 66.0 Å². The Kier molecular flexibility index (Phi) is 4.22. The lowest BCUT2D eigenvalue weighted by molar-refractivity contribution is -0.136. The number of allylic oxidation sites excluding steroid dienone is 1. The predicted octanol–water partition coefficient (Wildman–Crippen LogP) is 0.653. The van der Waals surface area contributed by atoms with Crippen LogP contribution >= 0.6 is 0 Å². The first kappa shape index (κ1) is 9.91. The van der Waals surface area contributed by atoms with Crippen molar-refractivity contribution >= 4 is 5.97 Å². The number of methoxy groups -OCH3 is 1. The molecule has 0 aliphatic heterocycles. The van der Waals surface area contributed by atoms with Gasteiger partial charge in [0.2, 0.25) is 0 Å². The summed E-state index contributed by atoms with van der Waals surface area (Å²) in [4.78, 5) is 10.7. The van der Waals surface area contributed by atoms with Gasteiger partial charge in [0.1, 0.15) is 6.10 Å². The van der Waals surface area contributed by atoms with E-state index in [1.54, 1.807) is 13.0 Å². The topological polar surface area (TPSA) is 46.5 Å². The van der Waals surface area contributed by atoms with Gasteiger partial charge in [-0.15, -0.1) is 0 Å². The minimum Gasteiger partial charge on any atom is -0.466 e. The predicted molar refractivity (Wildman–Crippen MR) is 42.0 cm³/mol. The van der Waals surface area contributed by atoms with Crippen molar-refractivity contribution in [3.05, 3.63) is 24.3 Å². The first-order chi connectivity index (χ1) is 5.13. The number of aliphatic hydroxyl groups is 1. The maximum atomic E-state index is 10.7. The first-order valence-electron chi connectivity index (χ1n) is 3.21. The zero-order valence-electron chi connectivity index (χ0n) is 6.70. The summed E-state index contributed by atoms with van der Waals surface area (Å²) in [7, 11) is 1.25. The molecule has 0 fully saturated rings. The van der Waals surface area contributed by atoms with Crippen LogP contribution in [0.25, 0.3) is 0 Å². The number of rotatable bonds is 3. The van der Waals surface area contributed by atoms with Gasteiger partial charge < -0.3 is 9.84 Å². The molecule has 0 unspecified atom stereocenters. The minimum absolute atomic E-state index is 0.0469. The summed E-state index contributed by atoms with van der Waals surface area (Å²) in [5.41, 5.74) is 0.0469. The second-order valence-electron chi connectivity index (χ2n) is 1.99. The first-order valence-corrected chi connectivity index (χ1v) is 3.21. The molecule has 11 heavy (non-hydrogen) atoms. The monoisotopic (exact) mass is 156 g/mol. The third kappa shape index (κ3) is 3.00. The highest BCUT2D eigenvalue weighted by molar-refractivity contribution is 5.89. The molecule has 0 aromatic heterocycles. The standard InChI is InChI=1S/C8H12O3/c1-4-5-7(9)6(2)8(10)11-3/h4-5,7,9H,2H2,1,3H3/b5-4+/t7-/m1/s1. The fourth-order valence-electron chi connectivity index (χ4n) is 0.550. The molecule has 0 aliphatic carbocycles. The van der Waals surface area contributed by atoms with Crippen molar-refractivity contribution in [2.75, 3.05) is 7.11 Å². The molecule has 0 aromatic carbocycles. The van der Waals surface area contributed by atoms with Gasteiger partial charge in [-0.2, -0.15) is 0 Å². The second kappa shape index (κ2) is 4.68. The van der Waals surface area contributed by atoms with Gasteiger partial charge in [0, 0.05) is 0 Å². The van der Waals surface area contributed by atoms with Crippen molar-refractivity contribution in [2.45, 2.75) is 13.0 Å². The van der Waals surface area contributed by atoms with Crippen molar-refractivity contribution in [2.24, 2.45) is 0 Å². The van der Waals surface area contributed by atoms with E-state index < -0.39 is 12.1 Å². The van der Waals surface area contributed by atoms with E-state index in [4.69, 9.17) is 5.11 Å². The summed E-state index contributed by atoms with van der Waals surface area (Å²) in [6.45, 7) is 5.11. The van der Waals surface area contributed by atoms with E-state index in [0.29, 0.717) is 0 Å². The van der Waals surface area contributed by atoms with Crippen molar-refractivity contribution in [1.29, 1.82) is 0 Å². The molecule has 0 saturated heterocycles. The number of esters is 1. The van der Waals surface area contributed by atoms with E-state index in [9.17, 15) is 4.79 Å². The molecule has 0 aliphatic rings. The van der Waals surface area contributed by atoms with Gasteiger partial charge in [-0.05, 0) is 6.92 Å². The molecule has 0 saturated carbocycles. The smallest absolute Gasteiger partial charge is 0.336 e. The van der Waals surface area contributed by atoms with Gasteiger partial charge in [0.25, 0.3) is 0 Å². The Morgan fingerprint density at radius 2 is 2.27 bits per heavy atom. The van der Waals surface area contributed by atoms with Crippen molar-refractivity contribution < 1.29 is 14.6 Å². The molecule has 0 bridgehead atoms. The molecule has 0 rings (SSSR count). The molecule has 1 atom stereocenters. The average Bonchev–Trinajstić information content (AvgIpc) is 2.02. The zero-order chi connectivity index (χ0) is 8.85. The van der Waals surface area contributed by atoms with E-state index >= 15 is 0 Å². The largest absolute Gasteiger partial charge is 0.466 e. The third-order valence-electron chi connectivity index (χ3n) is 1.18. The summed E-state index contributed by atoms with van der Waals surface area (Å²) in [5, 5.41) is 9.13. The summed E-state index contributed by atoms with van der Waals surface area (Å²) in [6.07, 6.45) is 2.16. The molecule has 0 radical (unpaired) electrons. The van der Waals surface area contributed by atoms with Crippen LogP contribution in [0.3, 0.4) is 0 Å². The van der Waals surface area contributed by atoms with Crippen LogP contribution in [0, 0.1) is 0 Å². The molecule has 0 amide bonds. The van der Waals surface area contributed by atoms with Gasteiger partial charge in [-0.25, -0.2) is 4.79 Å². The number of carbonyl (C=O) groups is 1. The van der Waals surface area contributed by atoms with Gasteiger partial charge in [-0.3, -0.25) is 0 Å². The van der Waals surface area contributed by atoms with Gasteiger partial charge in [-0.1, -0.05) is 18.7 Å². The molecular weight excluding hydrogens is 144 g/mol. The normalized spacial score (nSPS) is 13.0. The van der Waals surface area contributed by atoms with Crippen molar-refractivity contribution in [3.63, 3.8) is 0 Å². The fourth-order valence-corrected chi connectivity index (χ4v) is 0.550. The van der Waals surface area contributed by atoms with E-state index in [1.807, 2.05) is 0 Å². The Morgan fingerprint density at radius 1 is 1.73 bits per heavy atom. The number of hydrogen-bond donors (Lipinski definition) is 1. The van der Waals surface area contributed by atoms with Gasteiger partial charge in [0.05, 0.1) is 12.7 Å². The molecule has 1 N–H and O–H groups in total. The number of carbonyl (C=O) groups excluding carboxylic acids is 1.